The fraction of sp³-hybridized carbons (Fsp3) is 0.519. The molecular formula is C27H34N4O3. The standard InChI is InChI=1S/C27H34N4O3/c1-18-16-30(11-12-31(18)24(32)10-13-33-3)27-23(15-28)19(2)25(26(29-27)21-8-9-21)22-7-5-6-20(14-22)17-34-4/h5-7,14,18,21H,8-13,16-17H2,1-4H3/t18-/m1/s1. The van der Waals surface area contributed by atoms with Crippen LogP contribution < -0.4 is 4.90 Å². The Kier molecular flexibility index (Phi) is 7.50. The molecule has 0 unspecified atom stereocenters. The molecule has 1 aromatic heterocycles. The van der Waals surface area contributed by atoms with Gasteiger partial charge >= 0.3 is 0 Å². The third kappa shape index (κ3) is 4.94. The van der Waals surface area contributed by atoms with E-state index in [2.05, 4.69) is 36.1 Å². The highest BCUT2D eigenvalue weighted by molar-refractivity contribution is 5.79. The maximum absolute atomic E-state index is 12.6. The first-order valence-electron chi connectivity index (χ1n) is 12.0. The lowest BCUT2D eigenvalue weighted by Crippen LogP contribution is -2.54. The molecule has 34 heavy (non-hydrogen) atoms. The number of aromatic nitrogens is 1. The van der Waals surface area contributed by atoms with Crippen LogP contribution in [0.3, 0.4) is 0 Å². The highest BCUT2D eigenvalue weighted by Crippen LogP contribution is 2.46. The Hall–Kier alpha value is -2.95. The molecule has 2 aliphatic rings. The van der Waals surface area contributed by atoms with Gasteiger partial charge in [0.1, 0.15) is 11.9 Å². The molecule has 7 nitrogen and oxygen atoms in total. The summed E-state index contributed by atoms with van der Waals surface area (Å²) in [5.74, 6) is 1.30. The first-order valence-corrected chi connectivity index (χ1v) is 12.0. The average Bonchev–Trinajstić information content (AvgIpc) is 3.67. The number of amides is 1. The normalized spacial score (nSPS) is 18.1. The van der Waals surface area contributed by atoms with Gasteiger partial charge in [-0.1, -0.05) is 18.2 Å². The SMILES string of the molecule is COCCC(=O)N1CCN(c2nc(C3CC3)c(-c3cccc(COC)c3)c(C)c2C#N)C[C@H]1C. The summed E-state index contributed by atoms with van der Waals surface area (Å²) < 4.78 is 10.4. The summed E-state index contributed by atoms with van der Waals surface area (Å²) in [4.78, 5) is 21.8. The molecule has 2 fully saturated rings. The molecule has 0 spiro atoms. The highest BCUT2D eigenvalue weighted by atomic mass is 16.5. The lowest BCUT2D eigenvalue weighted by molar-refractivity contribution is -0.134. The van der Waals surface area contributed by atoms with E-state index in [9.17, 15) is 10.1 Å². The van der Waals surface area contributed by atoms with E-state index in [1.807, 2.05) is 17.9 Å². The Morgan fingerprint density at radius 3 is 2.68 bits per heavy atom. The van der Waals surface area contributed by atoms with E-state index in [1.165, 1.54) is 0 Å². The molecule has 1 saturated heterocycles. The molecular weight excluding hydrogens is 428 g/mol. The summed E-state index contributed by atoms with van der Waals surface area (Å²) >= 11 is 0. The second-order valence-corrected chi connectivity index (χ2v) is 9.34. The Balaban J connectivity index is 1.69. The van der Waals surface area contributed by atoms with Crippen LogP contribution in [0.5, 0.6) is 0 Å². The number of carbonyl (C=O) groups is 1. The van der Waals surface area contributed by atoms with Crippen LogP contribution in [0, 0.1) is 18.3 Å². The minimum absolute atomic E-state index is 0.0431. The smallest absolute Gasteiger partial charge is 0.225 e. The van der Waals surface area contributed by atoms with Crippen LogP contribution in [0.4, 0.5) is 5.82 Å². The van der Waals surface area contributed by atoms with Gasteiger partial charge < -0.3 is 19.3 Å². The van der Waals surface area contributed by atoms with E-state index in [0.29, 0.717) is 50.8 Å². The number of methoxy groups -OCH3 is 2. The van der Waals surface area contributed by atoms with Crippen LogP contribution in [0.15, 0.2) is 24.3 Å². The maximum Gasteiger partial charge on any atom is 0.225 e. The van der Waals surface area contributed by atoms with Crippen LogP contribution in [0.1, 0.15) is 54.5 Å². The van der Waals surface area contributed by atoms with Crippen molar-refractivity contribution in [3.63, 3.8) is 0 Å². The number of benzene rings is 1. The number of carbonyl (C=O) groups excluding carboxylic acids is 1. The van der Waals surface area contributed by atoms with Gasteiger partial charge in [-0.05, 0) is 49.4 Å². The number of pyridine rings is 1. The van der Waals surface area contributed by atoms with Gasteiger partial charge in [0, 0.05) is 51.4 Å². The monoisotopic (exact) mass is 462 g/mol. The molecule has 0 N–H and O–H groups in total. The number of nitriles is 1. The second-order valence-electron chi connectivity index (χ2n) is 9.34. The second kappa shape index (κ2) is 10.5. The average molecular weight is 463 g/mol. The first-order chi connectivity index (χ1) is 16.5. The largest absolute Gasteiger partial charge is 0.384 e. The molecule has 0 radical (unpaired) electrons. The molecule has 1 aromatic carbocycles. The zero-order valence-electron chi connectivity index (χ0n) is 20.6. The molecule has 2 aromatic rings. The number of nitrogens with zero attached hydrogens (tertiary/aromatic N) is 4. The Morgan fingerprint density at radius 2 is 2.03 bits per heavy atom. The predicted octanol–water partition coefficient (Wildman–Crippen LogP) is 4.03. The topological polar surface area (TPSA) is 78.7 Å². The van der Waals surface area contributed by atoms with Crippen LogP contribution in [-0.4, -0.2) is 62.3 Å². The van der Waals surface area contributed by atoms with Crippen molar-refractivity contribution in [3.05, 3.63) is 46.6 Å². The van der Waals surface area contributed by atoms with Crippen molar-refractivity contribution in [1.29, 1.82) is 5.26 Å². The first kappa shape index (κ1) is 24.2. The van der Waals surface area contributed by atoms with Crippen molar-refractivity contribution in [2.45, 2.75) is 51.7 Å². The number of hydrogen-bond acceptors (Lipinski definition) is 6. The van der Waals surface area contributed by atoms with Crippen LogP contribution >= 0.6 is 0 Å². The van der Waals surface area contributed by atoms with Crippen molar-refractivity contribution in [1.82, 2.24) is 9.88 Å². The van der Waals surface area contributed by atoms with E-state index in [4.69, 9.17) is 14.5 Å². The van der Waals surface area contributed by atoms with E-state index in [0.717, 1.165) is 46.6 Å². The lowest BCUT2D eigenvalue weighted by atomic mass is 9.92. The molecule has 1 amide bonds. The summed E-state index contributed by atoms with van der Waals surface area (Å²) in [6.45, 7) is 7.03. The number of rotatable bonds is 8. The van der Waals surface area contributed by atoms with E-state index in [-0.39, 0.29) is 11.9 Å². The summed E-state index contributed by atoms with van der Waals surface area (Å²) in [5.41, 5.74) is 5.98. The summed E-state index contributed by atoms with van der Waals surface area (Å²) in [5, 5.41) is 10.2. The molecule has 4 rings (SSSR count). The van der Waals surface area contributed by atoms with Gasteiger partial charge in [0.05, 0.1) is 30.9 Å². The van der Waals surface area contributed by atoms with E-state index in [1.54, 1.807) is 14.2 Å². The molecule has 180 valence electrons. The fourth-order valence-electron chi connectivity index (χ4n) is 4.93. The van der Waals surface area contributed by atoms with Crippen molar-refractivity contribution in [2.75, 3.05) is 45.4 Å². The van der Waals surface area contributed by atoms with Crippen molar-refractivity contribution >= 4 is 11.7 Å². The van der Waals surface area contributed by atoms with Gasteiger partial charge in [-0.3, -0.25) is 4.79 Å². The van der Waals surface area contributed by atoms with Crippen LogP contribution in [0.2, 0.25) is 0 Å². The minimum Gasteiger partial charge on any atom is -0.384 e. The van der Waals surface area contributed by atoms with Gasteiger partial charge in [0.25, 0.3) is 0 Å². The fourth-order valence-corrected chi connectivity index (χ4v) is 4.93. The van der Waals surface area contributed by atoms with Gasteiger partial charge in [0.15, 0.2) is 0 Å². The van der Waals surface area contributed by atoms with Gasteiger partial charge in [-0.25, -0.2) is 4.98 Å². The quantitative estimate of drug-likeness (QED) is 0.590. The molecule has 1 aliphatic heterocycles. The minimum atomic E-state index is 0.0431. The summed E-state index contributed by atoms with van der Waals surface area (Å²) in [6, 6.07) is 10.8. The highest BCUT2D eigenvalue weighted by Gasteiger charge is 2.34. The van der Waals surface area contributed by atoms with E-state index >= 15 is 0 Å². The molecule has 1 atom stereocenters. The number of anilines is 1. The zero-order valence-corrected chi connectivity index (χ0v) is 20.6. The third-order valence-corrected chi connectivity index (χ3v) is 6.83. The predicted molar refractivity (Wildman–Crippen MR) is 132 cm³/mol. The van der Waals surface area contributed by atoms with E-state index < -0.39 is 0 Å². The summed E-state index contributed by atoms with van der Waals surface area (Å²) in [7, 11) is 3.31. The summed E-state index contributed by atoms with van der Waals surface area (Å²) in [6.07, 6.45) is 2.64. The number of piperazine rings is 1. The van der Waals surface area contributed by atoms with Crippen LogP contribution in [-0.2, 0) is 20.9 Å². The van der Waals surface area contributed by atoms with Gasteiger partial charge in [-0.15, -0.1) is 0 Å². The zero-order chi connectivity index (χ0) is 24.2. The Bertz CT molecular complexity index is 1090. The number of hydrogen-bond donors (Lipinski definition) is 0. The molecule has 0 bridgehead atoms. The van der Waals surface area contributed by atoms with Crippen molar-refractivity contribution in [2.24, 2.45) is 0 Å². The van der Waals surface area contributed by atoms with Gasteiger partial charge in [0.2, 0.25) is 5.91 Å². The van der Waals surface area contributed by atoms with Crippen molar-refractivity contribution in [3.8, 4) is 17.2 Å². The molecule has 1 aliphatic carbocycles. The Labute approximate surface area is 202 Å². The lowest BCUT2D eigenvalue weighted by Gasteiger charge is -2.41. The van der Waals surface area contributed by atoms with Gasteiger partial charge in [-0.2, -0.15) is 5.26 Å². The molecule has 1 saturated carbocycles. The Morgan fingerprint density at radius 1 is 1.24 bits per heavy atom. The molecule has 2 heterocycles. The molecule has 7 heteroatoms. The van der Waals surface area contributed by atoms with Crippen LogP contribution in [0.25, 0.3) is 11.1 Å². The third-order valence-electron chi connectivity index (χ3n) is 6.83. The maximum atomic E-state index is 12.6. The number of ether oxygens (including phenoxy) is 2. The van der Waals surface area contributed by atoms with Crippen molar-refractivity contribution < 1.29 is 14.3 Å².